The molecule has 82 valence electrons. The predicted octanol–water partition coefficient (Wildman–Crippen LogP) is 2.02. The maximum absolute atomic E-state index is 11.4. The Labute approximate surface area is 94.2 Å². The molecule has 0 heterocycles. The number of carbonyl (C=O) groups is 1. The zero-order valence-corrected chi connectivity index (χ0v) is 9.38. The molecule has 0 unspecified atom stereocenters. The van der Waals surface area contributed by atoms with Crippen molar-refractivity contribution in [1.29, 1.82) is 0 Å². The van der Waals surface area contributed by atoms with E-state index in [2.05, 4.69) is 0 Å². The number of rotatable bonds is 4. The molecular formula is C11H14ClNO2. The first-order chi connectivity index (χ1) is 7.17. The van der Waals surface area contributed by atoms with Gasteiger partial charge < -0.3 is 10.5 Å². The van der Waals surface area contributed by atoms with Crippen LogP contribution in [0.3, 0.4) is 0 Å². The van der Waals surface area contributed by atoms with E-state index in [1.54, 1.807) is 25.1 Å². The molecule has 1 aromatic carbocycles. The Balaban J connectivity index is 2.92. The molecule has 0 bridgehead atoms. The normalized spacial score (nSPS) is 10.1. The number of halogens is 1. The van der Waals surface area contributed by atoms with Crippen LogP contribution in [-0.2, 0) is 11.2 Å². The molecular weight excluding hydrogens is 214 g/mol. The predicted molar refractivity (Wildman–Crippen MR) is 60.2 cm³/mol. The molecule has 0 aromatic heterocycles. The van der Waals surface area contributed by atoms with Crippen molar-refractivity contribution in [3.05, 3.63) is 34.3 Å². The molecule has 0 aliphatic rings. The number of hydrogen-bond donors (Lipinski definition) is 1. The van der Waals surface area contributed by atoms with E-state index in [4.69, 9.17) is 22.1 Å². The lowest BCUT2D eigenvalue weighted by molar-refractivity contribution is 0.0526. The van der Waals surface area contributed by atoms with Crippen LogP contribution in [0.4, 0.5) is 0 Å². The Morgan fingerprint density at radius 2 is 2.20 bits per heavy atom. The third-order valence-corrected chi connectivity index (χ3v) is 2.12. The van der Waals surface area contributed by atoms with Crippen LogP contribution in [0, 0.1) is 0 Å². The van der Waals surface area contributed by atoms with Gasteiger partial charge in [-0.1, -0.05) is 11.6 Å². The fraction of sp³-hybridized carbons (Fsp3) is 0.364. The first-order valence-corrected chi connectivity index (χ1v) is 5.21. The summed E-state index contributed by atoms with van der Waals surface area (Å²) in [5.41, 5.74) is 6.87. The fourth-order valence-electron chi connectivity index (χ4n) is 1.29. The first-order valence-electron chi connectivity index (χ1n) is 4.84. The molecule has 0 atom stereocenters. The fourth-order valence-corrected chi connectivity index (χ4v) is 1.55. The van der Waals surface area contributed by atoms with E-state index < -0.39 is 0 Å². The minimum Gasteiger partial charge on any atom is -0.462 e. The molecule has 15 heavy (non-hydrogen) atoms. The highest BCUT2D eigenvalue weighted by molar-refractivity contribution is 6.31. The van der Waals surface area contributed by atoms with Crippen LogP contribution < -0.4 is 5.73 Å². The smallest absolute Gasteiger partial charge is 0.338 e. The number of ether oxygens (including phenoxy) is 1. The zero-order valence-electron chi connectivity index (χ0n) is 8.63. The Hall–Kier alpha value is -1.06. The summed E-state index contributed by atoms with van der Waals surface area (Å²) in [5.74, 6) is -0.349. The van der Waals surface area contributed by atoms with Crippen molar-refractivity contribution in [2.75, 3.05) is 13.2 Å². The second-order valence-electron chi connectivity index (χ2n) is 3.11. The number of hydrogen-bond acceptors (Lipinski definition) is 3. The van der Waals surface area contributed by atoms with Gasteiger partial charge in [0.25, 0.3) is 0 Å². The molecule has 0 aliphatic heterocycles. The zero-order chi connectivity index (χ0) is 11.3. The highest BCUT2D eigenvalue weighted by Gasteiger charge is 2.08. The van der Waals surface area contributed by atoms with Crippen molar-refractivity contribution < 1.29 is 9.53 Å². The van der Waals surface area contributed by atoms with Crippen LogP contribution in [0.15, 0.2) is 18.2 Å². The van der Waals surface area contributed by atoms with Gasteiger partial charge in [-0.25, -0.2) is 4.79 Å². The Morgan fingerprint density at radius 3 is 2.80 bits per heavy atom. The number of benzene rings is 1. The van der Waals surface area contributed by atoms with E-state index in [1.807, 2.05) is 0 Å². The molecule has 0 aliphatic carbocycles. The molecule has 0 radical (unpaired) electrons. The summed E-state index contributed by atoms with van der Waals surface area (Å²) in [6.07, 6.45) is 0.701. The van der Waals surface area contributed by atoms with Crippen LogP contribution in [0.2, 0.25) is 5.02 Å². The molecule has 1 rings (SSSR count). The number of nitrogens with two attached hydrogens (primary N) is 1. The summed E-state index contributed by atoms with van der Waals surface area (Å²) in [4.78, 5) is 11.4. The van der Waals surface area contributed by atoms with Gasteiger partial charge in [-0.05, 0) is 43.7 Å². The highest BCUT2D eigenvalue weighted by atomic mass is 35.5. The quantitative estimate of drug-likeness (QED) is 0.801. The minimum atomic E-state index is -0.349. The average molecular weight is 228 g/mol. The van der Waals surface area contributed by atoms with Gasteiger partial charge in [-0.2, -0.15) is 0 Å². The van der Waals surface area contributed by atoms with Gasteiger partial charge in [0.2, 0.25) is 0 Å². The molecule has 0 saturated heterocycles. The second kappa shape index (κ2) is 5.73. The Morgan fingerprint density at radius 1 is 1.47 bits per heavy atom. The second-order valence-corrected chi connectivity index (χ2v) is 3.54. The largest absolute Gasteiger partial charge is 0.462 e. The van der Waals surface area contributed by atoms with E-state index >= 15 is 0 Å². The minimum absolute atomic E-state index is 0.349. The molecule has 0 spiro atoms. The Bertz CT molecular complexity index is 352. The molecule has 1 aromatic rings. The summed E-state index contributed by atoms with van der Waals surface area (Å²) in [6.45, 7) is 2.66. The van der Waals surface area contributed by atoms with E-state index in [9.17, 15) is 4.79 Å². The summed E-state index contributed by atoms with van der Waals surface area (Å²) >= 11 is 5.88. The van der Waals surface area contributed by atoms with Gasteiger partial charge in [0.1, 0.15) is 0 Å². The van der Waals surface area contributed by atoms with E-state index in [-0.39, 0.29) is 5.97 Å². The summed E-state index contributed by atoms with van der Waals surface area (Å²) in [7, 11) is 0. The molecule has 2 N–H and O–H groups in total. The van der Waals surface area contributed by atoms with E-state index in [0.717, 1.165) is 5.56 Å². The van der Waals surface area contributed by atoms with Crippen molar-refractivity contribution in [1.82, 2.24) is 0 Å². The SMILES string of the molecule is CCOC(=O)c1cc(Cl)cc(CCN)c1. The lowest BCUT2D eigenvalue weighted by atomic mass is 10.1. The number of carbonyl (C=O) groups excluding carboxylic acids is 1. The number of esters is 1. The lowest BCUT2D eigenvalue weighted by Crippen LogP contribution is -2.07. The molecule has 3 nitrogen and oxygen atoms in total. The lowest BCUT2D eigenvalue weighted by Gasteiger charge is -2.05. The van der Waals surface area contributed by atoms with E-state index in [0.29, 0.717) is 30.2 Å². The van der Waals surface area contributed by atoms with E-state index in [1.165, 1.54) is 0 Å². The van der Waals surface area contributed by atoms with Crippen molar-refractivity contribution >= 4 is 17.6 Å². The van der Waals surface area contributed by atoms with Crippen molar-refractivity contribution in [3.63, 3.8) is 0 Å². The van der Waals surface area contributed by atoms with Gasteiger partial charge in [-0.15, -0.1) is 0 Å². The highest BCUT2D eigenvalue weighted by Crippen LogP contribution is 2.16. The van der Waals surface area contributed by atoms with Gasteiger partial charge in [0, 0.05) is 5.02 Å². The summed E-state index contributed by atoms with van der Waals surface area (Å²) in [6, 6.07) is 5.16. The van der Waals surface area contributed by atoms with Gasteiger partial charge in [0.05, 0.1) is 12.2 Å². The van der Waals surface area contributed by atoms with Crippen molar-refractivity contribution in [2.45, 2.75) is 13.3 Å². The standard InChI is InChI=1S/C11H14ClNO2/c1-2-15-11(14)9-5-8(3-4-13)6-10(12)7-9/h5-7H,2-4,13H2,1H3. The van der Waals surface area contributed by atoms with Crippen LogP contribution >= 0.6 is 11.6 Å². The van der Waals surface area contributed by atoms with Crippen molar-refractivity contribution in [3.8, 4) is 0 Å². The molecule has 4 heteroatoms. The van der Waals surface area contributed by atoms with Crippen LogP contribution in [0.1, 0.15) is 22.8 Å². The average Bonchev–Trinajstić information content (AvgIpc) is 2.17. The topological polar surface area (TPSA) is 52.3 Å². The third-order valence-electron chi connectivity index (χ3n) is 1.90. The van der Waals surface area contributed by atoms with Crippen LogP contribution in [0.25, 0.3) is 0 Å². The molecule has 0 saturated carbocycles. The van der Waals surface area contributed by atoms with Crippen LogP contribution in [-0.4, -0.2) is 19.1 Å². The first kappa shape index (κ1) is 12.0. The third kappa shape index (κ3) is 3.53. The molecule has 0 fully saturated rings. The summed E-state index contributed by atoms with van der Waals surface area (Å²) < 4.78 is 4.89. The maximum Gasteiger partial charge on any atom is 0.338 e. The maximum atomic E-state index is 11.4. The van der Waals surface area contributed by atoms with Crippen LogP contribution in [0.5, 0.6) is 0 Å². The molecule has 0 amide bonds. The van der Waals surface area contributed by atoms with Gasteiger partial charge in [-0.3, -0.25) is 0 Å². The summed E-state index contributed by atoms with van der Waals surface area (Å²) in [5, 5.41) is 0.531. The van der Waals surface area contributed by atoms with Gasteiger partial charge >= 0.3 is 5.97 Å². The monoisotopic (exact) mass is 227 g/mol. The van der Waals surface area contributed by atoms with Gasteiger partial charge in [0.15, 0.2) is 0 Å². The Kier molecular flexibility index (Phi) is 4.59. The van der Waals surface area contributed by atoms with Crippen molar-refractivity contribution in [2.24, 2.45) is 5.73 Å².